The van der Waals surface area contributed by atoms with Crippen LogP contribution in [0.2, 0.25) is 0 Å². The first-order valence-corrected chi connectivity index (χ1v) is 7.98. The Morgan fingerprint density at radius 2 is 1.70 bits per heavy atom. The lowest BCUT2D eigenvalue weighted by atomic mass is 9.74. The molecule has 2 heteroatoms. The zero-order valence-electron chi connectivity index (χ0n) is 12.6. The highest BCUT2D eigenvalue weighted by Crippen LogP contribution is 2.43. The third-order valence-electron chi connectivity index (χ3n) is 5.43. The van der Waals surface area contributed by atoms with Crippen LogP contribution in [-0.4, -0.2) is 23.8 Å². The maximum absolute atomic E-state index is 12.9. The third-order valence-corrected chi connectivity index (χ3v) is 5.43. The van der Waals surface area contributed by atoms with E-state index in [1.807, 2.05) is 6.07 Å². The number of likely N-dealkylation sites (tertiary alicyclic amines) is 1. The summed E-state index contributed by atoms with van der Waals surface area (Å²) < 4.78 is 0. The van der Waals surface area contributed by atoms with Crippen molar-refractivity contribution in [1.29, 1.82) is 0 Å². The van der Waals surface area contributed by atoms with E-state index >= 15 is 0 Å². The van der Waals surface area contributed by atoms with Crippen molar-refractivity contribution < 1.29 is 4.79 Å². The molecule has 3 rings (SSSR count). The Labute approximate surface area is 122 Å². The number of hydrogen-bond acceptors (Lipinski definition) is 2. The highest BCUT2D eigenvalue weighted by atomic mass is 16.1. The van der Waals surface area contributed by atoms with E-state index in [1.54, 1.807) is 0 Å². The van der Waals surface area contributed by atoms with Crippen LogP contribution in [0.4, 0.5) is 0 Å². The Morgan fingerprint density at radius 3 is 2.30 bits per heavy atom. The fourth-order valence-corrected chi connectivity index (χ4v) is 3.99. The van der Waals surface area contributed by atoms with Gasteiger partial charge in [0.25, 0.3) is 0 Å². The van der Waals surface area contributed by atoms with Gasteiger partial charge < -0.3 is 0 Å². The van der Waals surface area contributed by atoms with E-state index in [9.17, 15) is 4.79 Å². The van der Waals surface area contributed by atoms with Gasteiger partial charge in [0.1, 0.15) is 5.54 Å². The van der Waals surface area contributed by atoms with Crippen LogP contribution >= 0.6 is 0 Å². The summed E-state index contributed by atoms with van der Waals surface area (Å²) in [6.07, 6.45) is 3.97. The van der Waals surface area contributed by atoms with Gasteiger partial charge in [-0.2, -0.15) is 0 Å². The lowest BCUT2D eigenvalue weighted by Crippen LogP contribution is -2.52. The highest BCUT2D eigenvalue weighted by Gasteiger charge is 2.49. The summed E-state index contributed by atoms with van der Waals surface area (Å²) in [6.45, 7) is 6.75. The van der Waals surface area contributed by atoms with E-state index in [4.69, 9.17) is 0 Å². The molecule has 3 atom stereocenters. The maximum atomic E-state index is 12.9. The van der Waals surface area contributed by atoms with Crippen LogP contribution in [0.15, 0.2) is 30.3 Å². The summed E-state index contributed by atoms with van der Waals surface area (Å²) in [5.41, 5.74) is 0.879. The molecular formula is C18H25NO. The van der Waals surface area contributed by atoms with Crippen molar-refractivity contribution in [2.75, 3.05) is 13.1 Å². The lowest BCUT2D eigenvalue weighted by molar-refractivity contribution is -0.134. The number of ketones is 1. The fraction of sp³-hybridized carbons (Fsp3) is 0.611. The SMILES string of the molecule is CC1CN([C@@]2(c3ccccc3)CCCCC2=O)CC1C. The van der Waals surface area contributed by atoms with Crippen LogP contribution in [0.25, 0.3) is 0 Å². The van der Waals surface area contributed by atoms with E-state index in [-0.39, 0.29) is 5.54 Å². The van der Waals surface area contributed by atoms with Gasteiger partial charge in [-0.15, -0.1) is 0 Å². The Kier molecular flexibility index (Phi) is 3.68. The summed E-state index contributed by atoms with van der Waals surface area (Å²) in [7, 11) is 0. The van der Waals surface area contributed by atoms with Gasteiger partial charge in [-0.25, -0.2) is 0 Å². The molecule has 0 amide bonds. The van der Waals surface area contributed by atoms with Crippen LogP contribution in [0.1, 0.15) is 45.1 Å². The van der Waals surface area contributed by atoms with Crippen LogP contribution < -0.4 is 0 Å². The summed E-state index contributed by atoms with van der Waals surface area (Å²) >= 11 is 0. The second-order valence-electron chi connectivity index (χ2n) is 6.72. The van der Waals surface area contributed by atoms with Gasteiger partial charge in [0.05, 0.1) is 0 Å². The zero-order valence-corrected chi connectivity index (χ0v) is 12.6. The minimum atomic E-state index is -0.335. The van der Waals surface area contributed by atoms with E-state index in [2.05, 4.69) is 43.0 Å². The Hall–Kier alpha value is -1.15. The van der Waals surface area contributed by atoms with Crippen molar-refractivity contribution in [1.82, 2.24) is 4.90 Å². The number of carbonyl (C=O) groups is 1. The molecule has 2 aliphatic rings. The molecule has 1 heterocycles. The second kappa shape index (κ2) is 5.33. The number of benzene rings is 1. The average molecular weight is 271 g/mol. The highest BCUT2D eigenvalue weighted by molar-refractivity contribution is 5.90. The van der Waals surface area contributed by atoms with Gasteiger partial charge in [0, 0.05) is 19.5 Å². The number of Topliss-reactive ketones (excluding diaryl/α,β-unsaturated/α-hetero) is 1. The first-order valence-electron chi connectivity index (χ1n) is 7.98. The molecule has 2 nitrogen and oxygen atoms in total. The fourth-order valence-electron chi connectivity index (χ4n) is 3.99. The quantitative estimate of drug-likeness (QED) is 0.819. The molecule has 1 aliphatic heterocycles. The molecule has 108 valence electrons. The third kappa shape index (κ3) is 2.10. The van der Waals surface area contributed by atoms with Crippen molar-refractivity contribution in [2.45, 2.75) is 45.1 Å². The first kappa shape index (κ1) is 13.8. The van der Waals surface area contributed by atoms with Crippen LogP contribution in [-0.2, 0) is 10.3 Å². The molecule has 1 saturated carbocycles. The van der Waals surface area contributed by atoms with Crippen LogP contribution in [0.3, 0.4) is 0 Å². The van der Waals surface area contributed by atoms with E-state index in [0.29, 0.717) is 17.6 Å². The van der Waals surface area contributed by atoms with Gasteiger partial charge in [0.15, 0.2) is 5.78 Å². The molecule has 0 N–H and O–H groups in total. The minimum Gasteiger partial charge on any atom is -0.297 e. The molecule has 0 spiro atoms. The Balaban J connectivity index is 2.02. The smallest absolute Gasteiger partial charge is 0.157 e. The molecule has 0 bridgehead atoms. The molecule has 0 radical (unpaired) electrons. The van der Waals surface area contributed by atoms with Crippen LogP contribution in [0, 0.1) is 11.8 Å². The summed E-state index contributed by atoms with van der Waals surface area (Å²) in [4.78, 5) is 15.4. The molecule has 20 heavy (non-hydrogen) atoms. The Morgan fingerprint density at radius 1 is 1.05 bits per heavy atom. The topological polar surface area (TPSA) is 20.3 Å². The standard InChI is InChI=1S/C18H25NO/c1-14-12-19(13-15(14)2)18(11-7-6-10-17(18)20)16-8-4-3-5-9-16/h3-5,8-9,14-15H,6-7,10-13H2,1-2H3/t14?,15?,18-/m1/s1. The lowest BCUT2D eigenvalue weighted by Gasteiger charge is -2.44. The van der Waals surface area contributed by atoms with Crippen molar-refractivity contribution >= 4 is 5.78 Å². The normalized spacial score (nSPS) is 35.4. The molecule has 1 saturated heterocycles. The van der Waals surface area contributed by atoms with Gasteiger partial charge >= 0.3 is 0 Å². The maximum Gasteiger partial charge on any atom is 0.157 e. The number of hydrogen-bond donors (Lipinski definition) is 0. The summed E-state index contributed by atoms with van der Waals surface area (Å²) in [6, 6.07) is 10.5. The zero-order chi connectivity index (χ0) is 14.2. The second-order valence-corrected chi connectivity index (χ2v) is 6.72. The minimum absolute atomic E-state index is 0.335. The van der Waals surface area contributed by atoms with Gasteiger partial charge in [-0.05, 0) is 30.2 Å². The van der Waals surface area contributed by atoms with Crippen molar-refractivity contribution in [3.05, 3.63) is 35.9 Å². The molecular weight excluding hydrogens is 246 g/mol. The molecule has 1 aliphatic carbocycles. The molecule has 2 unspecified atom stereocenters. The van der Waals surface area contributed by atoms with E-state index in [1.165, 1.54) is 12.0 Å². The van der Waals surface area contributed by atoms with E-state index in [0.717, 1.165) is 32.4 Å². The monoisotopic (exact) mass is 271 g/mol. The summed E-state index contributed by atoms with van der Waals surface area (Å²) in [5.74, 6) is 1.81. The molecule has 2 fully saturated rings. The molecule has 0 aromatic heterocycles. The molecule has 1 aromatic carbocycles. The number of carbonyl (C=O) groups excluding carboxylic acids is 1. The van der Waals surface area contributed by atoms with Gasteiger partial charge in [-0.3, -0.25) is 9.69 Å². The number of rotatable bonds is 2. The van der Waals surface area contributed by atoms with Crippen molar-refractivity contribution in [3.8, 4) is 0 Å². The number of nitrogens with zero attached hydrogens (tertiary/aromatic N) is 1. The predicted octanol–water partition coefficient (Wildman–Crippen LogP) is 3.61. The average Bonchev–Trinajstić information content (AvgIpc) is 2.81. The van der Waals surface area contributed by atoms with Crippen LogP contribution in [0.5, 0.6) is 0 Å². The first-order chi connectivity index (χ1) is 9.64. The molecule has 1 aromatic rings. The van der Waals surface area contributed by atoms with Gasteiger partial charge in [0.2, 0.25) is 0 Å². The predicted molar refractivity (Wildman–Crippen MR) is 81.5 cm³/mol. The van der Waals surface area contributed by atoms with Gasteiger partial charge in [-0.1, -0.05) is 50.6 Å². The van der Waals surface area contributed by atoms with Crippen molar-refractivity contribution in [3.63, 3.8) is 0 Å². The van der Waals surface area contributed by atoms with Crippen molar-refractivity contribution in [2.24, 2.45) is 11.8 Å². The largest absolute Gasteiger partial charge is 0.297 e. The van der Waals surface area contributed by atoms with E-state index < -0.39 is 0 Å². The Bertz CT molecular complexity index is 473. The summed E-state index contributed by atoms with van der Waals surface area (Å²) in [5, 5.41) is 0.